The van der Waals surface area contributed by atoms with Crippen LogP contribution in [-0.4, -0.2) is 59.2 Å². The van der Waals surface area contributed by atoms with E-state index in [4.69, 9.17) is 0 Å². The van der Waals surface area contributed by atoms with Gasteiger partial charge in [-0.1, -0.05) is 60.7 Å². The average molecular weight is 463 g/mol. The molecule has 34 heavy (non-hydrogen) atoms. The van der Waals surface area contributed by atoms with Crippen molar-refractivity contribution >= 4 is 23.6 Å². The molecule has 0 saturated carbocycles. The lowest BCUT2D eigenvalue weighted by molar-refractivity contribution is -0.143. The smallest absolute Gasteiger partial charge is 0.246 e. The molecule has 8 nitrogen and oxygen atoms in total. The Morgan fingerprint density at radius 3 is 1.91 bits per heavy atom. The quantitative estimate of drug-likeness (QED) is 0.629. The molecule has 2 aliphatic heterocycles. The molecule has 4 amide bonds. The van der Waals surface area contributed by atoms with Crippen LogP contribution in [0, 0.1) is 0 Å². The Bertz CT molecular complexity index is 1040. The lowest BCUT2D eigenvalue weighted by atomic mass is 10.0. The van der Waals surface area contributed by atoms with Crippen LogP contribution >= 0.6 is 0 Å². The third-order valence-corrected chi connectivity index (χ3v) is 6.40. The number of fused-ring (bicyclic) bond motifs is 1. The lowest BCUT2D eigenvalue weighted by Crippen LogP contribution is -2.61. The second-order valence-corrected chi connectivity index (χ2v) is 8.92. The van der Waals surface area contributed by atoms with Crippen LogP contribution in [0.3, 0.4) is 0 Å². The zero-order valence-electron chi connectivity index (χ0n) is 19.2. The molecule has 2 aliphatic rings. The number of rotatable bonds is 4. The maximum Gasteiger partial charge on any atom is 0.246 e. The molecular weight excluding hydrogens is 432 g/mol. The molecule has 0 spiro atoms. The van der Waals surface area contributed by atoms with Crippen LogP contribution in [0.2, 0.25) is 0 Å². The molecule has 2 fully saturated rings. The number of hydrogen-bond acceptors (Lipinski definition) is 4. The molecule has 4 atom stereocenters. The van der Waals surface area contributed by atoms with E-state index in [9.17, 15) is 19.2 Å². The first-order valence-electron chi connectivity index (χ1n) is 11.7. The first-order chi connectivity index (χ1) is 16.4. The van der Waals surface area contributed by atoms with Crippen LogP contribution in [0.15, 0.2) is 60.7 Å². The van der Waals surface area contributed by atoms with E-state index in [0.29, 0.717) is 25.8 Å². The van der Waals surface area contributed by atoms with Crippen molar-refractivity contribution in [3.05, 3.63) is 71.8 Å². The predicted octanol–water partition coefficient (Wildman–Crippen LogP) is 0.951. The third-order valence-electron chi connectivity index (χ3n) is 6.40. The summed E-state index contributed by atoms with van der Waals surface area (Å²) in [6, 6.07) is 15.6. The number of benzene rings is 2. The summed E-state index contributed by atoms with van der Waals surface area (Å²) in [7, 11) is 0. The molecule has 0 aliphatic carbocycles. The second-order valence-electron chi connectivity index (χ2n) is 8.92. The molecule has 0 bridgehead atoms. The van der Waals surface area contributed by atoms with Gasteiger partial charge in [0.05, 0.1) is 0 Å². The summed E-state index contributed by atoms with van der Waals surface area (Å²) in [4.78, 5) is 54.3. The van der Waals surface area contributed by atoms with Gasteiger partial charge in [-0.15, -0.1) is 0 Å². The maximum atomic E-state index is 13.6. The van der Waals surface area contributed by atoms with Crippen LogP contribution in [0.25, 0.3) is 0 Å². The van der Waals surface area contributed by atoms with Crippen molar-refractivity contribution in [3.63, 3.8) is 0 Å². The van der Waals surface area contributed by atoms with Gasteiger partial charge in [0.1, 0.15) is 24.2 Å². The van der Waals surface area contributed by atoms with Crippen molar-refractivity contribution in [1.82, 2.24) is 20.9 Å². The molecule has 2 aromatic carbocycles. The Labute approximate surface area is 199 Å². The third kappa shape index (κ3) is 5.44. The van der Waals surface area contributed by atoms with Gasteiger partial charge < -0.3 is 20.9 Å². The molecule has 2 aromatic rings. The summed E-state index contributed by atoms with van der Waals surface area (Å²) >= 11 is 0. The van der Waals surface area contributed by atoms with Gasteiger partial charge in [0.2, 0.25) is 23.6 Å². The van der Waals surface area contributed by atoms with Crippen molar-refractivity contribution < 1.29 is 19.2 Å². The Balaban J connectivity index is 1.66. The first kappa shape index (κ1) is 23.5. The minimum absolute atomic E-state index is 0.262. The van der Waals surface area contributed by atoms with Crippen molar-refractivity contribution in [2.24, 2.45) is 0 Å². The van der Waals surface area contributed by atoms with Crippen LogP contribution in [-0.2, 0) is 32.0 Å². The molecule has 0 aromatic heterocycles. The fourth-order valence-electron chi connectivity index (χ4n) is 4.56. The predicted molar refractivity (Wildman–Crippen MR) is 126 cm³/mol. The average Bonchev–Trinajstić information content (AvgIpc) is 3.33. The molecule has 178 valence electrons. The number of amides is 4. The van der Waals surface area contributed by atoms with E-state index in [1.165, 1.54) is 0 Å². The van der Waals surface area contributed by atoms with Gasteiger partial charge in [-0.05, 0) is 30.9 Å². The van der Waals surface area contributed by atoms with Gasteiger partial charge in [0.25, 0.3) is 0 Å². The van der Waals surface area contributed by atoms with Crippen LogP contribution in [0.1, 0.15) is 30.9 Å². The normalized spacial score (nSPS) is 26.0. The van der Waals surface area contributed by atoms with Crippen LogP contribution in [0.4, 0.5) is 0 Å². The van der Waals surface area contributed by atoms with E-state index >= 15 is 0 Å². The standard InChI is InChI=1S/C26H30N4O4/c1-17-23(31)28-20(15-18-9-4-2-5-10-18)24(32)29-21(16-19-11-6-3-7-12-19)26(34)30-14-8-13-22(30)25(33)27-17/h2-7,9-12,17,20-22H,8,13-16H2,1H3,(H,27,33)(H,28,31)(H,29,32)/t17?,20-,21-,22?/m0/s1. The number of carbonyl (C=O) groups is 4. The van der Waals surface area contributed by atoms with E-state index in [2.05, 4.69) is 16.0 Å². The van der Waals surface area contributed by atoms with Gasteiger partial charge in [-0.2, -0.15) is 0 Å². The van der Waals surface area contributed by atoms with Gasteiger partial charge in [-0.3, -0.25) is 19.2 Å². The maximum absolute atomic E-state index is 13.6. The van der Waals surface area contributed by atoms with E-state index in [1.807, 2.05) is 60.7 Å². The summed E-state index contributed by atoms with van der Waals surface area (Å²) in [5.74, 6) is -1.51. The van der Waals surface area contributed by atoms with E-state index in [1.54, 1.807) is 11.8 Å². The fraction of sp³-hybridized carbons (Fsp3) is 0.385. The molecule has 4 rings (SSSR count). The topological polar surface area (TPSA) is 108 Å². The highest BCUT2D eigenvalue weighted by Gasteiger charge is 2.40. The zero-order valence-corrected chi connectivity index (χ0v) is 19.2. The monoisotopic (exact) mass is 462 g/mol. The summed E-state index contributed by atoms with van der Waals surface area (Å²) in [5.41, 5.74) is 1.77. The molecule has 2 heterocycles. The number of carbonyl (C=O) groups excluding carboxylic acids is 4. The van der Waals surface area contributed by atoms with Crippen molar-refractivity contribution in [3.8, 4) is 0 Å². The molecule has 2 unspecified atom stereocenters. The molecular formula is C26H30N4O4. The van der Waals surface area contributed by atoms with Crippen LogP contribution in [0.5, 0.6) is 0 Å². The minimum Gasteiger partial charge on any atom is -0.343 e. The van der Waals surface area contributed by atoms with E-state index in [-0.39, 0.29) is 18.2 Å². The summed E-state index contributed by atoms with van der Waals surface area (Å²) in [5, 5.41) is 8.39. The Morgan fingerprint density at radius 1 is 0.735 bits per heavy atom. The minimum atomic E-state index is -0.894. The summed E-state index contributed by atoms with van der Waals surface area (Å²) < 4.78 is 0. The highest BCUT2D eigenvalue weighted by Crippen LogP contribution is 2.20. The van der Waals surface area contributed by atoms with Crippen molar-refractivity contribution in [2.75, 3.05) is 6.54 Å². The van der Waals surface area contributed by atoms with Gasteiger partial charge >= 0.3 is 0 Å². The zero-order chi connectivity index (χ0) is 24.1. The highest BCUT2D eigenvalue weighted by molar-refractivity contribution is 5.97. The molecule has 0 radical (unpaired) electrons. The SMILES string of the molecule is CC1NC(=O)C2CCCN2C(=O)[C@H](Cc2ccccc2)NC(=O)[C@H](Cc2ccccc2)NC1=O. The molecule has 3 N–H and O–H groups in total. The van der Waals surface area contributed by atoms with E-state index < -0.39 is 36.0 Å². The summed E-state index contributed by atoms with van der Waals surface area (Å²) in [6.07, 6.45) is 1.76. The van der Waals surface area contributed by atoms with Crippen molar-refractivity contribution in [1.29, 1.82) is 0 Å². The number of nitrogens with zero attached hydrogens (tertiary/aromatic N) is 1. The van der Waals surface area contributed by atoms with E-state index in [0.717, 1.165) is 11.1 Å². The molecule has 2 saturated heterocycles. The van der Waals surface area contributed by atoms with Gasteiger partial charge in [0.15, 0.2) is 0 Å². The number of nitrogens with one attached hydrogen (secondary N) is 3. The first-order valence-corrected chi connectivity index (χ1v) is 11.7. The molecule has 8 heteroatoms. The van der Waals surface area contributed by atoms with Crippen LogP contribution < -0.4 is 16.0 Å². The fourth-order valence-corrected chi connectivity index (χ4v) is 4.56. The van der Waals surface area contributed by atoms with Gasteiger partial charge in [0, 0.05) is 19.4 Å². The largest absolute Gasteiger partial charge is 0.343 e. The Kier molecular flexibility index (Phi) is 7.25. The number of hydrogen-bond donors (Lipinski definition) is 3. The highest BCUT2D eigenvalue weighted by atomic mass is 16.2. The summed E-state index contributed by atoms with van der Waals surface area (Å²) in [6.45, 7) is 2.02. The lowest BCUT2D eigenvalue weighted by Gasteiger charge is -2.32. The van der Waals surface area contributed by atoms with Crippen molar-refractivity contribution in [2.45, 2.75) is 56.8 Å². The van der Waals surface area contributed by atoms with Gasteiger partial charge in [-0.25, -0.2) is 0 Å². The second kappa shape index (κ2) is 10.5. The Hall–Kier alpha value is -3.68. The Morgan fingerprint density at radius 2 is 1.29 bits per heavy atom.